The molecule has 1 aromatic carbocycles. The zero-order chi connectivity index (χ0) is 12.6. The molecule has 1 amide bonds. The van der Waals surface area contributed by atoms with Crippen molar-refractivity contribution in [3.05, 3.63) is 32.6 Å². The summed E-state index contributed by atoms with van der Waals surface area (Å²) in [5, 5.41) is 12.2. The number of rotatable bonds is 1. The van der Waals surface area contributed by atoms with Crippen LogP contribution in [0.4, 0.5) is 0 Å². The maximum absolute atomic E-state index is 11.4. The summed E-state index contributed by atoms with van der Waals surface area (Å²) in [5.41, 5.74) is 0.625. The Kier molecular flexibility index (Phi) is 3.63. The van der Waals surface area contributed by atoms with Crippen LogP contribution in [0.3, 0.4) is 0 Å². The summed E-state index contributed by atoms with van der Waals surface area (Å²) < 4.78 is 0.414. The van der Waals surface area contributed by atoms with E-state index in [4.69, 9.17) is 35.4 Å². The Hall–Kier alpha value is -0.750. The van der Waals surface area contributed by atoms with Gasteiger partial charge in [0.05, 0.1) is 15.0 Å². The Labute approximate surface area is 117 Å². The van der Waals surface area contributed by atoms with Gasteiger partial charge in [0.1, 0.15) is 4.32 Å². The minimum atomic E-state index is -0.250. The molecule has 1 saturated heterocycles. The molecule has 1 fully saturated rings. The summed E-state index contributed by atoms with van der Waals surface area (Å²) in [6.07, 6.45) is 1.61. The second kappa shape index (κ2) is 4.86. The number of hydrogen-bond acceptors (Lipinski definition) is 4. The van der Waals surface area contributed by atoms with Gasteiger partial charge in [-0.25, -0.2) is 0 Å². The topological polar surface area (TPSA) is 49.3 Å². The van der Waals surface area contributed by atoms with E-state index in [-0.39, 0.29) is 21.7 Å². The molecule has 3 nitrogen and oxygen atoms in total. The molecule has 0 aromatic heterocycles. The first kappa shape index (κ1) is 12.7. The van der Waals surface area contributed by atoms with Crippen molar-refractivity contribution in [3.8, 4) is 5.75 Å². The summed E-state index contributed by atoms with van der Waals surface area (Å²) in [6, 6.07) is 3.04. The van der Waals surface area contributed by atoms with Gasteiger partial charge in [-0.1, -0.05) is 47.2 Å². The van der Waals surface area contributed by atoms with E-state index in [1.807, 2.05) is 0 Å². The van der Waals surface area contributed by atoms with E-state index in [0.29, 0.717) is 14.8 Å². The van der Waals surface area contributed by atoms with Crippen LogP contribution >= 0.6 is 47.2 Å². The van der Waals surface area contributed by atoms with Crippen molar-refractivity contribution < 1.29 is 9.90 Å². The molecule has 0 aliphatic carbocycles. The molecule has 1 aliphatic rings. The lowest BCUT2D eigenvalue weighted by Gasteiger charge is -2.02. The van der Waals surface area contributed by atoms with E-state index in [1.165, 1.54) is 23.9 Å². The van der Waals surface area contributed by atoms with E-state index in [0.717, 1.165) is 0 Å². The Morgan fingerprint density at radius 1 is 1.35 bits per heavy atom. The number of hydrogen-bond donors (Lipinski definition) is 2. The Bertz CT molecular complexity index is 534. The van der Waals surface area contributed by atoms with Crippen molar-refractivity contribution in [3.63, 3.8) is 0 Å². The molecule has 88 valence electrons. The van der Waals surface area contributed by atoms with Gasteiger partial charge in [-0.2, -0.15) is 0 Å². The van der Waals surface area contributed by atoms with Gasteiger partial charge in [0.2, 0.25) is 0 Å². The van der Waals surface area contributed by atoms with Crippen LogP contribution < -0.4 is 5.32 Å². The highest BCUT2D eigenvalue weighted by atomic mass is 35.5. The molecule has 0 bridgehead atoms. The van der Waals surface area contributed by atoms with Crippen LogP contribution in [-0.2, 0) is 4.79 Å². The lowest BCUT2D eigenvalue weighted by Crippen LogP contribution is -2.17. The number of phenolic OH excluding ortho intramolecular Hbond substituents is 1. The van der Waals surface area contributed by atoms with Gasteiger partial charge in [-0.3, -0.25) is 4.79 Å². The van der Waals surface area contributed by atoms with Crippen molar-refractivity contribution in [2.45, 2.75) is 0 Å². The molecular formula is C10H5Cl2NO2S2. The van der Waals surface area contributed by atoms with Gasteiger partial charge in [0.15, 0.2) is 5.75 Å². The third kappa shape index (κ3) is 2.74. The Morgan fingerprint density at radius 3 is 2.41 bits per heavy atom. The van der Waals surface area contributed by atoms with E-state index in [9.17, 15) is 9.90 Å². The monoisotopic (exact) mass is 305 g/mol. The molecule has 0 atom stereocenters. The molecule has 2 rings (SSSR count). The smallest absolute Gasteiger partial charge is 0.263 e. The summed E-state index contributed by atoms with van der Waals surface area (Å²) in [4.78, 5) is 11.9. The molecule has 1 aromatic rings. The van der Waals surface area contributed by atoms with Crippen LogP contribution in [0.1, 0.15) is 5.56 Å². The highest BCUT2D eigenvalue weighted by molar-refractivity contribution is 8.26. The van der Waals surface area contributed by atoms with Crippen molar-refractivity contribution in [2.75, 3.05) is 0 Å². The second-order valence-corrected chi connectivity index (χ2v) is 5.72. The Balaban J connectivity index is 2.40. The maximum Gasteiger partial charge on any atom is 0.263 e. The summed E-state index contributed by atoms with van der Waals surface area (Å²) in [7, 11) is 0. The molecule has 7 heteroatoms. The van der Waals surface area contributed by atoms with Crippen LogP contribution in [-0.4, -0.2) is 15.3 Å². The fourth-order valence-electron chi connectivity index (χ4n) is 1.24. The maximum atomic E-state index is 11.4. The number of benzene rings is 1. The van der Waals surface area contributed by atoms with Crippen LogP contribution in [0.5, 0.6) is 5.75 Å². The average Bonchev–Trinajstić information content (AvgIpc) is 2.54. The van der Waals surface area contributed by atoms with Gasteiger partial charge >= 0.3 is 0 Å². The highest BCUT2D eigenvalue weighted by Crippen LogP contribution is 2.34. The van der Waals surface area contributed by atoms with Gasteiger partial charge in [-0.05, 0) is 23.8 Å². The van der Waals surface area contributed by atoms with E-state index in [2.05, 4.69) is 5.32 Å². The number of phenols is 1. The van der Waals surface area contributed by atoms with Crippen molar-refractivity contribution in [2.24, 2.45) is 0 Å². The molecule has 0 saturated carbocycles. The van der Waals surface area contributed by atoms with Crippen LogP contribution in [0, 0.1) is 0 Å². The molecule has 0 spiro atoms. The summed E-state index contributed by atoms with van der Waals surface area (Å²) in [5.74, 6) is -0.421. The van der Waals surface area contributed by atoms with Crippen molar-refractivity contribution >= 4 is 63.5 Å². The number of carbonyl (C=O) groups is 1. The van der Waals surface area contributed by atoms with Crippen molar-refractivity contribution in [1.82, 2.24) is 5.32 Å². The van der Waals surface area contributed by atoms with Crippen LogP contribution in [0.15, 0.2) is 17.0 Å². The second-order valence-electron chi connectivity index (χ2n) is 3.19. The van der Waals surface area contributed by atoms with E-state index in [1.54, 1.807) is 6.08 Å². The zero-order valence-electron chi connectivity index (χ0n) is 8.16. The Morgan fingerprint density at radius 2 is 1.94 bits per heavy atom. The highest BCUT2D eigenvalue weighted by Gasteiger charge is 2.22. The van der Waals surface area contributed by atoms with Gasteiger partial charge in [-0.15, -0.1) is 0 Å². The fraction of sp³-hybridized carbons (Fsp3) is 0. The first-order valence-electron chi connectivity index (χ1n) is 4.40. The third-order valence-electron chi connectivity index (χ3n) is 1.98. The molecule has 2 N–H and O–H groups in total. The van der Waals surface area contributed by atoms with E-state index >= 15 is 0 Å². The molecule has 1 heterocycles. The first-order valence-corrected chi connectivity index (χ1v) is 6.38. The molecule has 0 radical (unpaired) electrons. The number of halogens is 2. The molecule has 1 aliphatic heterocycles. The number of nitrogens with one attached hydrogen (secondary N) is 1. The minimum absolute atomic E-state index is 0.135. The largest absolute Gasteiger partial charge is 0.505 e. The van der Waals surface area contributed by atoms with Gasteiger partial charge in [0, 0.05) is 0 Å². The number of amides is 1. The summed E-state index contributed by atoms with van der Waals surface area (Å²) in [6.45, 7) is 0. The lowest BCUT2D eigenvalue weighted by atomic mass is 10.2. The third-order valence-corrected chi connectivity index (χ3v) is 3.72. The first-order chi connectivity index (χ1) is 7.97. The zero-order valence-corrected chi connectivity index (χ0v) is 11.3. The standard InChI is InChI=1S/C10H5Cl2NO2S2/c11-5-1-4(2-6(12)8(5)14)3-7-9(15)13-10(16)17-7/h1-3,14H,(H,13,15,16). The van der Waals surface area contributed by atoms with Gasteiger partial charge < -0.3 is 10.4 Å². The molecular weight excluding hydrogens is 301 g/mol. The van der Waals surface area contributed by atoms with E-state index < -0.39 is 0 Å². The van der Waals surface area contributed by atoms with Crippen LogP contribution in [0.2, 0.25) is 10.0 Å². The SMILES string of the molecule is O=C1NC(=S)SC1=Cc1cc(Cl)c(O)c(Cl)c1. The van der Waals surface area contributed by atoms with Crippen molar-refractivity contribution in [1.29, 1.82) is 0 Å². The predicted molar refractivity (Wildman–Crippen MR) is 74.4 cm³/mol. The van der Waals surface area contributed by atoms with Crippen LogP contribution in [0.25, 0.3) is 6.08 Å². The predicted octanol–water partition coefficient (Wildman–Crippen LogP) is 3.19. The number of carbonyl (C=O) groups excluding carboxylic acids is 1. The number of thiocarbonyl (C=S) groups is 1. The summed E-state index contributed by atoms with van der Waals surface area (Å²) >= 11 is 17.6. The number of aromatic hydroxyl groups is 1. The molecule has 0 unspecified atom stereocenters. The minimum Gasteiger partial charge on any atom is -0.505 e. The fourth-order valence-corrected chi connectivity index (χ4v) is 2.79. The van der Waals surface area contributed by atoms with Gasteiger partial charge in [0.25, 0.3) is 5.91 Å². The quantitative estimate of drug-likeness (QED) is 0.618. The lowest BCUT2D eigenvalue weighted by molar-refractivity contribution is -0.115. The average molecular weight is 306 g/mol. The molecule has 17 heavy (non-hydrogen) atoms. The normalized spacial score (nSPS) is 17.6. The number of thioether (sulfide) groups is 1.